The molecule has 73 heavy (non-hydrogen) atoms. The molecule has 0 radical (unpaired) electrons. The van der Waals surface area contributed by atoms with Crippen LogP contribution in [0.5, 0.6) is 0 Å². The molecule has 8 bridgehead atoms. The van der Waals surface area contributed by atoms with Gasteiger partial charge < -0.3 is 9.97 Å². The summed E-state index contributed by atoms with van der Waals surface area (Å²) in [6, 6.07) is 9.97. The molecule has 5 heteroatoms. The monoisotopic (exact) mass is 1180 g/mol. The molecule has 0 saturated heterocycles. The van der Waals surface area contributed by atoms with Crippen molar-refractivity contribution < 1.29 is 21.1 Å². The van der Waals surface area contributed by atoms with Gasteiger partial charge in [-0.2, -0.15) is 0 Å². The van der Waals surface area contributed by atoms with E-state index in [0.717, 1.165) is 51.4 Å². The third-order valence-electron chi connectivity index (χ3n) is 16.2. The van der Waals surface area contributed by atoms with E-state index >= 15 is 0 Å². The first-order valence-corrected chi connectivity index (χ1v) is 31.6. The molecule has 0 amide bonds. The maximum Gasteiger partial charge on any atom is 2.00 e. The van der Waals surface area contributed by atoms with Crippen LogP contribution in [0, 0.1) is 0 Å². The van der Waals surface area contributed by atoms with Crippen molar-refractivity contribution in [1.29, 1.82) is 0 Å². The number of hydrogen-bond donors (Lipinski definition) is 0. The third-order valence-corrected chi connectivity index (χ3v) is 16.2. The van der Waals surface area contributed by atoms with Gasteiger partial charge in [-0.25, -0.2) is 9.97 Å². The van der Waals surface area contributed by atoms with Crippen LogP contribution in [-0.4, -0.2) is 9.97 Å². The Labute approximate surface area is 464 Å². The number of hydrogen-bond acceptors (Lipinski definition) is 2. The normalized spacial score (nSPS) is 12.7. The molecule has 0 aliphatic carbocycles. The summed E-state index contributed by atoms with van der Waals surface area (Å²) in [5.74, 6) is 0. The van der Waals surface area contributed by atoms with Crippen molar-refractivity contribution in [3.05, 3.63) is 69.3 Å². The molecule has 0 atom stereocenters. The van der Waals surface area contributed by atoms with Gasteiger partial charge in [0.15, 0.2) is 0 Å². The molecule has 0 unspecified atom stereocenters. The van der Waals surface area contributed by atoms with Crippen molar-refractivity contribution in [3.63, 3.8) is 0 Å². The second-order valence-corrected chi connectivity index (χ2v) is 22.4. The van der Waals surface area contributed by atoms with Gasteiger partial charge in [-0.3, -0.25) is 0 Å². The van der Waals surface area contributed by atoms with E-state index in [2.05, 4.69) is 79.7 Å². The molecule has 410 valence electrons. The molecule has 2 aliphatic rings. The molecule has 2 aliphatic heterocycles. The van der Waals surface area contributed by atoms with Gasteiger partial charge in [-0.1, -0.05) is 256 Å². The number of aryl methyl sites for hydroxylation is 4. The van der Waals surface area contributed by atoms with E-state index in [-0.39, 0.29) is 21.1 Å². The van der Waals surface area contributed by atoms with Gasteiger partial charge in [0.25, 0.3) is 0 Å². The molecule has 3 aromatic rings. The predicted octanol–water partition coefficient (Wildman–Crippen LogP) is 21.8. The van der Waals surface area contributed by atoms with Crippen molar-refractivity contribution in [2.45, 2.75) is 312 Å². The first-order chi connectivity index (χ1) is 35.5. The van der Waals surface area contributed by atoms with Crippen molar-refractivity contribution in [3.8, 4) is 0 Å². The fourth-order valence-corrected chi connectivity index (χ4v) is 11.8. The summed E-state index contributed by atoms with van der Waals surface area (Å²) in [6.45, 7) is 18.7. The van der Waals surface area contributed by atoms with E-state index in [0.29, 0.717) is 0 Å². The summed E-state index contributed by atoms with van der Waals surface area (Å²) in [5, 5.41) is 0. The molecule has 5 rings (SSSR count). The molecule has 3 aromatic heterocycles. The maximum absolute atomic E-state index is 5.85. The van der Waals surface area contributed by atoms with Gasteiger partial charge >= 0.3 is 21.1 Å². The Morgan fingerprint density at radius 1 is 0.247 bits per heavy atom. The molecular weight excluding hydrogens is 1070 g/mol. The maximum atomic E-state index is 5.85. The van der Waals surface area contributed by atoms with Crippen LogP contribution < -0.4 is 9.97 Å². The summed E-state index contributed by atoms with van der Waals surface area (Å²) in [6.07, 6.45) is 49.0. The number of nitrogens with zero attached hydrogens (tertiary/aromatic N) is 4. The Bertz CT molecular complexity index is 1930. The minimum Gasteiger partial charge on any atom is -0.657 e. The summed E-state index contributed by atoms with van der Waals surface area (Å²) in [7, 11) is 0. The zero-order chi connectivity index (χ0) is 51.2. The van der Waals surface area contributed by atoms with Gasteiger partial charge in [-0.15, -0.1) is 22.1 Å². The smallest absolute Gasteiger partial charge is 0.657 e. The first-order valence-electron chi connectivity index (χ1n) is 31.6. The average molecular weight is 1180 g/mol. The van der Waals surface area contributed by atoms with E-state index in [4.69, 9.17) is 19.9 Å². The quantitative estimate of drug-likeness (QED) is 0.0533. The van der Waals surface area contributed by atoms with Crippen LogP contribution >= 0.6 is 0 Å². The number of unbranched alkanes of at least 4 members (excludes halogenated alkanes) is 24. The second-order valence-electron chi connectivity index (χ2n) is 22.4. The van der Waals surface area contributed by atoms with E-state index in [1.165, 1.54) is 295 Å². The SMILES string of the molecule is CCCCCCC1=C(CCCCCC)c2cc3[n-]c(cc4nc(cc5[n-]c(cc1n2)c(CCCCCC)c5CCCCCC)C(CCCCCC)=C4CCCCCC)c(CCCCCC)c3CCCCCC.[Pt+2]. The van der Waals surface area contributed by atoms with Crippen molar-refractivity contribution in [2.24, 2.45) is 0 Å². The minimum atomic E-state index is 0. The van der Waals surface area contributed by atoms with Gasteiger partial charge in [0.05, 0.1) is 22.8 Å². The van der Waals surface area contributed by atoms with Crippen LogP contribution in [0.25, 0.3) is 44.4 Å². The number of aromatic nitrogens is 4. The van der Waals surface area contributed by atoms with Crippen LogP contribution in [0.15, 0.2) is 24.3 Å². The topological polar surface area (TPSA) is 54.0 Å². The number of allylic oxidation sites excluding steroid dienone is 4. The predicted molar refractivity (Wildman–Crippen MR) is 319 cm³/mol. The number of rotatable bonds is 40. The summed E-state index contributed by atoms with van der Waals surface area (Å²) < 4.78 is 0. The molecule has 0 aromatic carbocycles. The molecule has 0 fully saturated rings. The second kappa shape index (κ2) is 37.1. The van der Waals surface area contributed by atoms with E-state index < -0.39 is 0 Å². The fraction of sp³-hybridized carbons (Fsp3) is 0.706. The third kappa shape index (κ3) is 20.0. The summed E-state index contributed by atoms with van der Waals surface area (Å²) in [4.78, 5) is 23.4. The molecule has 0 N–H and O–H groups in total. The van der Waals surface area contributed by atoms with Gasteiger partial charge in [0, 0.05) is 0 Å². The van der Waals surface area contributed by atoms with Crippen LogP contribution in [0.4, 0.5) is 0 Å². The zero-order valence-corrected chi connectivity index (χ0v) is 51.0. The zero-order valence-electron chi connectivity index (χ0n) is 48.7. The van der Waals surface area contributed by atoms with Gasteiger partial charge in [0.1, 0.15) is 0 Å². The molecule has 0 spiro atoms. The van der Waals surface area contributed by atoms with E-state index in [1.54, 1.807) is 0 Å². The van der Waals surface area contributed by atoms with Crippen molar-refractivity contribution in [2.75, 3.05) is 0 Å². The summed E-state index contributed by atoms with van der Waals surface area (Å²) >= 11 is 0. The van der Waals surface area contributed by atoms with Crippen molar-refractivity contribution in [1.82, 2.24) is 19.9 Å². The fourth-order valence-electron chi connectivity index (χ4n) is 11.8. The molecule has 4 nitrogen and oxygen atoms in total. The molecular formula is C68H108N4Pt. The standard InChI is InChI=1S/C68H108N4.Pt/c1-9-17-25-33-41-53-54(42-34-26-18-10-2)62-50-64-57(45-37-29-21-13-5)58(46-38-30-22-14-6)66(71-64)52-68-60(48-40-32-24-16-8)59(47-39-31-23-15-7)67(72-68)51-65-56(44-36-28-20-12-4)55(43-35-27-19-11-3)63(70-65)49-61(53)69-62;/h49-52H,9-48H2,1-8H3;/q-2;+2. The molecule has 0 saturated carbocycles. The van der Waals surface area contributed by atoms with E-state index in [9.17, 15) is 0 Å². The minimum absolute atomic E-state index is 0. The van der Waals surface area contributed by atoms with Crippen LogP contribution in [0.2, 0.25) is 0 Å². The molecule has 5 heterocycles. The van der Waals surface area contributed by atoms with Gasteiger partial charge in [0.2, 0.25) is 0 Å². The van der Waals surface area contributed by atoms with Gasteiger partial charge in [-0.05, 0) is 125 Å². The Morgan fingerprint density at radius 3 is 0.603 bits per heavy atom. The summed E-state index contributed by atoms with van der Waals surface area (Å²) in [5.41, 5.74) is 21.5. The van der Waals surface area contributed by atoms with Crippen molar-refractivity contribution >= 4 is 44.4 Å². The Balaban J connectivity index is 0.0000116. The van der Waals surface area contributed by atoms with Crippen LogP contribution in [0.3, 0.4) is 0 Å². The largest absolute Gasteiger partial charge is 2.00 e. The Hall–Kier alpha value is -2.71. The van der Waals surface area contributed by atoms with E-state index in [1.807, 2.05) is 0 Å². The van der Waals surface area contributed by atoms with Crippen LogP contribution in [0.1, 0.15) is 332 Å². The van der Waals surface area contributed by atoms with Crippen LogP contribution in [-0.2, 0) is 46.7 Å². The first kappa shape index (κ1) is 62.8. The Kier molecular flexibility index (Phi) is 32.0. The average Bonchev–Trinajstić information content (AvgIpc) is 4.09. The number of fused-ring (bicyclic) bond motifs is 8. The Morgan fingerprint density at radius 2 is 0.425 bits per heavy atom.